The van der Waals surface area contributed by atoms with E-state index in [9.17, 15) is 9.90 Å². The predicted octanol–water partition coefficient (Wildman–Crippen LogP) is 0.924. The van der Waals surface area contributed by atoms with Gasteiger partial charge in [0.15, 0.2) is 0 Å². The molecule has 0 radical (unpaired) electrons. The summed E-state index contributed by atoms with van der Waals surface area (Å²) in [7, 11) is 0. The van der Waals surface area contributed by atoms with Crippen LogP contribution in [-0.2, 0) is 6.42 Å². The zero-order valence-electron chi connectivity index (χ0n) is 6.92. The van der Waals surface area contributed by atoms with Gasteiger partial charge in [-0.1, -0.05) is 34.1 Å². The second kappa shape index (κ2) is 4.87. The van der Waals surface area contributed by atoms with Crippen LogP contribution in [0, 0.1) is 0 Å². The summed E-state index contributed by atoms with van der Waals surface area (Å²) in [5.41, 5.74) is 1.08. The molecule has 1 rings (SSSR count). The maximum absolute atomic E-state index is 10.0. The minimum Gasteiger partial charge on any atom is -0.530 e. The van der Waals surface area contributed by atoms with Crippen LogP contribution in [0.5, 0.6) is 0 Å². The molecular weight excluding hydrogens is 234 g/mol. The van der Waals surface area contributed by atoms with Crippen LogP contribution in [0.4, 0.5) is 4.79 Å². The van der Waals surface area contributed by atoms with E-state index in [1.165, 1.54) is 0 Å². The molecule has 1 amide bonds. The SMILES string of the molecule is O=C([O-])NCCc1ccccc1Br. The van der Waals surface area contributed by atoms with Crippen molar-refractivity contribution in [1.82, 2.24) is 5.32 Å². The molecule has 0 saturated heterocycles. The normalized spacial score (nSPS) is 9.62. The summed E-state index contributed by atoms with van der Waals surface area (Å²) in [6, 6.07) is 7.70. The molecule has 0 spiro atoms. The molecule has 0 aromatic heterocycles. The topological polar surface area (TPSA) is 52.2 Å². The van der Waals surface area contributed by atoms with Crippen molar-refractivity contribution in [2.45, 2.75) is 6.42 Å². The molecular formula is C9H9BrNO2-. The second-order valence-corrected chi connectivity index (χ2v) is 3.41. The third-order valence-electron chi connectivity index (χ3n) is 1.62. The standard InChI is InChI=1S/C9H10BrNO2/c10-8-4-2-1-3-7(8)5-6-11-9(12)13/h1-4,11H,5-6H2,(H,12,13)/p-1. The second-order valence-electron chi connectivity index (χ2n) is 2.56. The first kappa shape index (κ1) is 10.1. The highest BCUT2D eigenvalue weighted by molar-refractivity contribution is 9.10. The van der Waals surface area contributed by atoms with Gasteiger partial charge in [-0.3, -0.25) is 0 Å². The third-order valence-corrected chi connectivity index (χ3v) is 2.40. The van der Waals surface area contributed by atoms with Crippen LogP contribution in [0.2, 0.25) is 0 Å². The number of hydrogen-bond donors (Lipinski definition) is 1. The molecule has 0 bridgehead atoms. The van der Waals surface area contributed by atoms with Gasteiger partial charge in [0.1, 0.15) is 6.09 Å². The fourth-order valence-corrected chi connectivity index (χ4v) is 1.48. The van der Waals surface area contributed by atoms with E-state index < -0.39 is 6.09 Å². The van der Waals surface area contributed by atoms with Crippen LogP contribution >= 0.6 is 15.9 Å². The summed E-state index contributed by atoms with van der Waals surface area (Å²) >= 11 is 3.37. The molecule has 13 heavy (non-hydrogen) atoms. The number of nitrogens with one attached hydrogen (secondary N) is 1. The van der Waals surface area contributed by atoms with Crippen LogP contribution in [0.15, 0.2) is 28.7 Å². The van der Waals surface area contributed by atoms with Crippen molar-refractivity contribution < 1.29 is 9.90 Å². The van der Waals surface area contributed by atoms with Crippen molar-refractivity contribution in [2.75, 3.05) is 6.54 Å². The van der Waals surface area contributed by atoms with E-state index >= 15 is 0 Å². The number of amides is 1. The Hall–Kier alpha value is -1.03. The van der Waals surface area contributed by atoms with Crippen molar-refractivity contribution in [3.05, 3.63) is 34.3 Å². The number of carbonyl (C=O) groups excluding carboxylic acids is 1. The first-order chi connectivity index (χ1) is 6.20. The molecule has 4 heteroatoms. The highest BCUT2D eigenvalue weighted by Gasteiger charge is 1.96. The maximum Gasteiger partial charge on any atom is 0.134 e. The largest absolute Gasteiger partial charge is 0.530 e. The molecule has 0 aliphatic heterocycles. The average Bonchev–Trinajstić information content (AvgIpc) is 2.08. The van der Waals surface area contributed by atoms with Gasteiger partial charge in [0.05, 0.1) is 0 Å². The molecule has 0 aliphatic rings. The van der Waals surface area contributed by atoms with E-state index in [4.69, 9.17) is 0 Å². The van der Waals surface area contributed by atoms with Crippen LogP contribution in [0.25, 0.3) is 0 Å². The lowest BCUT2D eigenvalue weighted by Gasteiger charge is -2.07. The Morgan fingerprint density at radius 1 is 1.46 bits per heavy atom. The Balaban J connectivity index is 2.45. The van der Waals surface area contributed by atoms with E-state index in [0.29, 0.717) is 13.0 Å². The fourth-order valence-electron chi connectivity index (χ4n) is 1.00. The van der Waals surface area contributed by atoms with Crippen molar-refractivity contribution in [3.63, 3.8) is 0 Å². The van der Waals surface area contributed by atoms with E-state index in [2.05, 4.69) is 21.2 Å². The molecule has 70 valence electrons. The molecule has 0 aliphatic carbocycles. The molecule has 1 aromatic rings. The van der Waals surface area contributed by atoms with Gasteiger partial charge in [-0.05, 0) is 18.1 Å². The monoisotopic (exact) mass is 242 g/mol. The Morgan fingerprint density at radius 2 is 2.15 bits per heavy atom. The van der Waals surface area contributed by atoms with Gasteiger partial charge < -0.3 is 15.2 Å². The Labute approximate surface area is 84.9 Å². The number of carbonyl (C=O) groups is 1. The highest BCUT2D eigenvalue weighted by atomic mass is 79.9. The number of rotatable bonds is 3. The number of hydrogen-bond acceptors (Lipinski definition) is 2. The summed E-state index contributed by atoms with van der Waals surface area (Å²) in [5, 5.41) is 12.2. The summed E-state index contributed by atoms with van der Waals surface area (Å²) in [4.78, 5) is 10.0. The van der Waals surface area contributed by atoms with Gasteiger partial charge in [-0.25, -0.2) is 0 Å². The quantitative estimate of drug-likeness (QED) is 0.858. The zero-order valence-corrected chi connectivity index (χ0v) is 8.50. The summed E-state index contributed by atoms with van der Waals surface area (Å²) < 4.78 is 0.996. The Kier molecular flexibility index (Phi) is 3.76. The van der Waals surface area contributed by atoms with E-state index in [1.54, 1.807) is 0 Å². The van der Waals surface area contributed by atoms with Crippen molar-refractivity contribution >= 4 is 22.0 Å². The van der Waals surface area contributed by atoms with Crippen LogP contribution in [-0.4, -0.2) is 12.6 Å². The van der Waals surface area contributed by atoms with Gasteiger partial charge in [0, 0.05) is 11.0 Å². The number of carboxylic acid groups (broad SMARTS) is 1. The molecule has 3 nitrogen and oxygen atoms in total. The summed E-state index contributed by atoms with van der Waals surface area (Å²) in [6.07, 6.45) is -0.567. The van der Waals surface area contributed by atoms with Crippen molar-refractivity contribution in [1.29, 1.82) is 0 Å². The van der Waals surface area contributed by atoms with Crippen LogP contribution in [0.1, 0.15) is 5.56 Å². The molecule has 0 heterocycles. The molecule has 0 saturated carbocycles. The lowest BCUT2D eigenvalue weighted by atomic mass is 10.1. The molecule has 1 aromatic carbocycles. The minimum absolute atomic E-state index is 0.380. The van der Waals surface area contributed by atoms with Gasteiger partial charge in [-0.15, -0.1) is 0 Å². The Bertz CT molecular complexity index is 301. The van der Waals surface area contributed by atoms with E-state index in [-0.39, 0.29) is 0 Å². The zero-order chi connectivity index (χ0) is 9.68. The van der Waals surface area contributed by atoms with E-state index in [0.717, 1.165) is 10.0 Å². The van der Waals surface area contributed by atoms with E-state index in [1.807, 2.05) is 24.3 Å². The molecule has 1 N–H and O–H groups in total. The molecule has 0 fully saturated rings. The lowest BCUT2D eigenvalue weighted by molar-refractivity contribution is -0.250. The molecule has 0 atom stereocenters. The van der Waals surface area contributed by atoms with Gasteiger partial charge in [0.2, 0.25) is 0 Å². The minimum atomic E-state index is -1.23. The maximum atomic E-state index is 10.0. The lowest BCUT2D eigenvalue weighted by Crippen LogP contribution is -2.37. The first-order valence-electron chi connectivity index (χ1n) is 3.88. The van der Waals surface area contributed by atoms with Crippen molar-refractivity contribution in [2.24, 2.45) is 0 Å². The number of halogens is 1. The van der Waals surface area contributed by atoms with Crippen molar-refractivity contribution in [3.8, 4) is 0 Å². The smallest absolute Gasteiger partial charge is 0.134 e. The van der Waals surface area contributed by atoms with Crippen LogP contribution < -0.4 is 10.4 Å². The summed E-state index contributed by atoms with van der Waals surface area (Å²) in [6.45, 7) is 0.380. The highest BCUT2D eigenvalue weighted by Crippen LogP contribution is 2.15. The average molecular weight is 243 g/mol. The Morgan fingerprint density at radius 3 is 2.77 bits per heavy atom. The number of benzene rings is 1. The summed E-state index contributed by atoms with van der Waals surface area (Å²) in [5.74, 6) is 0. The fraction of sp³-hybridized carbons (Fsp3) is 0.222. The van der Waals surface area contributed by atoms with Gasteiger partial charge >= 0.3 is 0 Å². The van der Waals surface area contributed by atoms with Gasteiger partial charge in [0.25, 0.3) is 0 Å². The predicted molar refractivity (Wildman–Crippen MR) is 51.2 cm³/mol. The third kappa shape index (κ3) is 3.46. The molecule has 0 unspecified atom stereocenters. The van der Waals surface area contributed by atoms with Crippen LogP contribution in [0.3, 0.4) is 0 Å². The van der Waals surface area contributed by atoms with Gasteiger partial charge in [-0.2, -0.15) is 0 Å². The first-order valence-corrected chi connectivity index (χ1v) is 4.67.